The van der Waals surface area contributed by atoms with Crippen molar-refractivity contribution >= 4 is 54.8 Å². The average molecular weight is 395 g/mol. The van der Waals surface area contributed by atoms with E-state index >= 15 is 0 Å². The molecule has 0 nitrogen and oxygen atoms in total. The summed E-state index contributed by atoms with van der Waals surface area (Å²) >= 11 is 15.1. The molecule has 4 heteroatoms. The average Bonchev–Trinajstić information content (AvgIpc) is 2.69. The van der Waals surface area contributed by atoms with Gasteiger partial charge in [-0.25, -0.2) is 0 Å². The van der Waals surface area contributed by atoms with Crippen molar-refractivity contribution in [2.24, 2.45) is 0 Å². The Kier molecular flexibility index (Phi) is 4.35. The molecule has 90 valence electrons. The molecule has 0 aliphatic heterocycles. The van der Waals surface area contributed by atoms with E-state index in [4.69, 9.17) is 11.6 Å². The molecule has 0 spiro atoms. The Bertz CT molecular complexity index is 548. The second kappa shape index (κ2) is 5.43. The van der Waals surface area contributed by atoms with Gasteiger partial charge in [0, 0.05) is 5.02 Å². The quantitative estimate of drug-likeness (QED) is 0.527. The SMILES string of the molecule is Cc1cc(C(Br)c2csc(Br)c2)c(C)cc1Cl. The molecule has 17 heavy (non-hydrogen) atoms. The third-order valence-electron chi connectivity index (χ3n) is 2.70. The molecular formula is C13H11Br2ClS. The number of alkyl halides is 1. The van der Waals surface area contributed by atoms with Gasteiger partial charge in [0.25, 0.3) is 0 Å². The number of halogens is 3. The summed E-state index contributed by atoms with van der Waals surface area (Å²) in [4.78, 5) is 0.223. The van der Waals surface area contributed by atoms with E-state index in [1.54, 1.807) is 11.3 Å². The molecule has 1 aromatic carbocycles. The van der Waals surface area contributed by atoms with Crippen molar-refractivity contribution in [2.75, 3.05) is 0 Å². The van der Waals surface area contributed by atoms with Crippen molar-refractivity contribution in [3.63, 3.8) is 0 Å². The van der Waals surface area contributed by atoms with E-state index in [2.05, 4.69) is 56.3 Å². The Labute approximate surface area is 127 Å². The first kappa shape index (κ1) is 13.6. The van der Waals surface area contributed by atoms with Gasteiger partial charge in [0.15, 0.2) is 0 Å². The van der Waals surface area contributed by atoms with Crippen molar-refractivity contribution in [2.45, 2.75) is 18.7 Å². The second-order valence-corrected chi connectivity index (χ2v) is 7.62. The van der Waals surface area contributed by atoms with Crippen LogP contribution in [-0.2, 0) is 0 Å². The first-order chi connectivity index (χ1) is 7.99. The normalized spacial score (nSPS) is 12.8. The molecular weight excluding hydrogens is 383 g/mol. The summed E-state index contributed by atoms with van der Waals surface area (Å²) in [5.41, 5.74) is 4.87. The van der Waals surface area contributed by atoms with Gasteiger partial charge in [-0.1, -0.05) is 33.6 Å². The van der Waals surface area contributed by atoms with E-state index in [-0.39, 0.29) is 4.83 Å². The highest BCUT2D eigenvalue weighted by molar-refractivity contribution is 9.11. The third kappa shape index (κ3) is 2.95. The van der Waals surface area contributed by atoms with E-state index < -0.39 is 0 Å². The predicted molar refractivity (Wildman–Crippen MR) is 83.7 cm³/mol. The van der Waals surface area contributed by atoms with Crippen LogP contribution in [0.2, 0.25) is 5.02 Å². The molecule has 0 bridgehead atoms. The Morgan fingerprint density at radius 2 is 1.88 bits per heavy atom. The second-order valence-electron chi connectivity index (χ2n) is 4.00. The molecule has 1 atom stereocenters. The fourth-order valence-electron chi connectivity index (χ4n) is 1.71. The third-order valence-corrected chi connectivity index (χ3v) is 5.65. The first-order valence-electron chi connectivity index (χ1n) is 5.13. The molecule has 1 aromatic heterocycles. The molecule has 0 saturated heterocycles. The van der Waals surface area contributed by atoms with Crippen LogP contribution in [0.25, 0.3) is 0 Å². The Morgan fingerprint density at radius 1 is 1.18 bits per heavy atom. The molecule has 0 amide bonds. The maximum Gasteiger partial charge on any atom is 0.0701 e. The van der Waals surface area contributed by atoms with Gasteiger partial charge in [-0.05, 0) is 69.5 Å². The fourth-order valence-corrected chi connectivity index (χ4v) is 4.06. The number of hydrogen-bond acceptors (Lipinski definition) is 1. The molecule has 1 heterocycles. The largest absolute Gasteiger partial charge is 0.136 e. The molecule has 0 N–H and O–H groups in total. The zero-order chi connectivity index (χ0) is 12.6. The van der Waals surface area contributed by atoms with Crippen molar-refractivity contribution in [3.05, 3.63) is 54.6 Å². The van der Waals surface area contributed by atoms with Crippen LogP contribution >= 0.6 is 54.8 Å². The van der Waals surface area contributed by atoms with Gasteiger partial charge in [0.1, 0.15) is 0 Å². The number of aryl methyl sites for hydroxylation is 2. The van der Waals surface area contributed by atoms with Gasteiger partial charge in [-0.15, -0.1) is 11.3 Å². The number of hydrogen-bond donors (Lipinski definition) is 0. The minimum atomic E-state index is 0.223. The van der Waals surface area contributed by atoms with Gasteiger partial charge in [-0.3, -0.25) is 0 Å². The lowest BCUT2D eigenvalue weighted by Crippen LogP contribution is -1.95. The highest BCUT2D eigenvalue weighted by Gasteiger charge is 2.15. The van der Waals surface area contributed by atoms with Crippen LogP contribution in [-0.4, -0.2) is 0 Å². The Morgan fingerprint density at radius 3 is 2.47 bits per heavy atom. The highest BCUT2D eigenvalue weighted by atomic mass is 79.9. The summed E-state index contributed by atoms with van der Waals surface area (Å²) in [6, 6.07) is 6.33. The molecule has 2 rings (SSSR count). The zero-order valence-corrected chi connectivity index (χ0v) is 14.2. The summed E-state index contributed by atoms with van der Waals surface area (Å²) in [5.74, 6) is 0. The van der Waals surface area contributed by atoms with Crippen molar-refractivity contribution in [1.29, 1.82) is 0 Å². The molecule has 0 radical (unpaired) electrons. The monoisotopic (exact) mass is 392 g/mol. The van der Waals surface area contributed by atoms with Crippen LogP contribution in [0.1, 0.15) is 27.1 Å². The Balaban J connectivity index is 2.43. The van der Waals surface area contributed by atoms with Crippen LogP contribution in [0.3, 0.4) is 0 Å². The summed E-state index contributed by atoms with van der Waals surface area (Å²) in [6.45, 7) is 4.13. The van der Waals surface area contributed by atoms with Crippen molar-refractivity contribution < 1.29 is 0 Å². The van der Waals surface area contributed by atoms with Gasteiger partial charge in [-0.2, -0.15) is 0 Å². The van der Waals surface area contributed by atoms with E-state index in [9.17, 15) is 0 Å². The van der Waals surface area contributed by atoms with Gasteiger partial charge < -0.3 is 0 Å². The standard InChI is InChI=1S/C13H11Br2ClS/c1-7-4-11(16)8(2)3-10(7)13(15)9-5-12(14)17-6-9/h3-6,13H,1-2H3. The van der Waals surface area contributed by atoms with Gasteiger partial charge in [0.05, 0.1) is 8.61 Å². The van der Waals surface area contributed by atoms with Crippen molar-refractivity contribution in [3.8, 4) is 0 Å². The number of rotatable bonds is 2. The lowest BCUT2D eigenvalue weighted by atomic mass is 10.00. The van der Waals surface area contributed by atoms with Crippen LogP contribution in [0.15, 0.2) is 27.4 Å². The lowest BCUT2D eigenvalue weighted by molar-refractivity contribution is 1.14. The summed E-state index contributed by atoms with van der Waals surface area (Å²) in [6.07, 6.45) is 0. The molecule has 0 fully saturated rings. The van der Waals surface area contributed by atoms with E-state index in [1.165, 1.54) is 16.7 Å². The smallest absolute Gasteiger partial charge is 0.0701 e. The van der Waals surface area contributed by atoms with E-state index in [1.807, 2.05) is 13.0 Å². The van der Waals surface area contributed by atoms with Gasteiger partial charge in [0.2, 0.25) is 0 Å². The van der Waals surface area contributed by atoms with Gasteiger partial charge >= 0.3 is 0 Å². The van der Waals surface area contributed by atoms with Crippen molar-refractivity contribution in [1.82, 2.24) is 0 Å². The highest BCUT2D eigenvalue weighted by Crippen LogP contribution is 2.38. The van der Waals surface area contributed by atoms with Crippen LogP contribution in [0.4, 0.5) is 0 Å². The maximum atomic E-state index is 6.12. The van der Waals surface area contributed by atoms with E-state index in [0.29, 0.717) is 0 Å². The zero-order valence-electron chi connectivity index (χ0n) is 9.43. The minimum absolute atomic E-state index is 0.223. The number of benzene rings is 1. The van der Waals surface area contributed by atoms with E-state index in [0.717, 1.165) is 14.4 Å². The summed E-state index contributed by atoms with van der Waals surface area (Å²) in [7, 11) is 0. The summed E-state index contributed by atoms with van der Waals surface area (Å²) < 4.78 is 1.15. The predicted octanol–water partition coefficient (Wildman–Crippen LogP) is 6.27. The molecule has 0 saturated carbocycles. The minimum Gasteiger partial charge on any atom is -0.136 e. The molecule has 0 aliphatic rings. The molecule has 0 aliphatic carbocycles. The fraction of sp³-hybridized carbons (Fsp3) is 0.231. The van der Waals surface area contributed by atoms with Crippen LogP contribution in [0, 0.1) is 13.8 Å². The van der Waals surface area contributed by atoms with Crippen LogP contribution < -0.4 is 0 Å². The maximum absolute atomic E-state index is 6.12. The first-order valence-corrected chi connectivity index (χ1v) is 8.10. The summed E-state index contributed by atoms with van der Waals surface area (Å²) in [5, 5.41) is 2.99. The van der Waals surface area contributed by atoms with Crippen LogP contribution in [0.5, 0.6) is 0 Å². The Hall–Kier alpha value is 0.170. The lowest BCUT2D eigenvalue weighted by Gasteiger charge is -2.14. The number of thiophene rings is 1. The molecule has 1 unspecified atom stereocenters. The topological polar surface area (TPSA) is 0 Å². The molecule has 2 aromatic rings.